The van der Waals surface area contributed by atoms with E-state index in [0.717, 1.165) is 19.3 Å². The lowest BCUT2D eigenvalue weighted by Gasteiger charge is -2.51. The first-order chi connectivity index (χ1) is 13.5. The average Bonchev–Trinajstić information content (AvgIpc) is 2.73. The maximum atomic E-state index is 13.2. The van der Waals surface area contributed by atoms with Crippen LogP contribution in [0.4, 0.5) is 0 Å². The number of piperidine rings is 2. The van der Waals surface area contributed by atoms with E-state index < -0.39 is 11.0 Å². The minimum absolute atomic E-state index is 0.0362. The van der Waals surface area contributed by atoms with E-state index in [1.165, 1.54) is 0 Å². The lowest BCUT2D eigenvalue weighted by molar-refractivity contribution is -0.155. The number of aliphatic hydroxyl groups is 1. The zero-order chi connectivity index (χ0) is 19.7. The topological polar surface area (TPSA) is 57.6 Å². The van der Waals surface area contributed by atoms with Crippen molar-refractivity contribution in [2.45, 2.75) is 55.2 Å². The fraction of sp³-hybridized carbons (Fsp3) is 0.391. The molecule has 2 aromatic rings. The lowest BCUT2D eigenvalue weighted by atomic mass is 9.75. The summed E-state index contributed by atoms with van der Waals surface area (Å²) in [5.74, 6) is -0.233. The number of benzene rings is 2. The van der Waals surface area contributed by atoms with E-state index in [2.05, 4.69) is 0 Å². The SMILES string of the molecule is O=C(C[C@@H]1CCC[C@@H]2C[C@](O)(c3ccccc3)[C@@H](Cl)C(=O)N21)c1ccccc1. The molecule has 146 valence electrons. The van der Waals surface area contributed by atoms with Gasteiger partial charge in [0.25, 0.3) is 0 Å². The van der Waals surface area contributed by atoms with Gasteiger partial charge in [0.1, 0.15) is 11.0 Å². The summed E-state index contributed by atoms with van der Waals surface area (Å²) in [6.45, 7) is 0. The van der Waals surface area contributed by atoms with Crippen molar-refractivity contribution >= 4 is 23.3 Å². The van der Waals surface area contributed by atoms with Gasteiger partial charge in [0.2, 0.25) is 5.91 Å². The van der Waals surface area contributed by atoms with Crippen molar-refractivity contribution in [1.29, 1.82) is 0 Å². The Kier molecular flexibility index (Phi) is 5.26. The minimum Gasteiger partial charge on any atom is -0.383 e. The highest BCUT2D eigenvalue weighted by Crippen LogP contribution is 2.44. The number of hydrogen-bond donors (Lipinski definition) is 1. The van der Waals surface area contributed by atoms with Crippen LogP contribution in [0.3, 0.4) is 0 Å². The van der Waals surface area contributed by atoms with Gasteiger partial charge in [0.15, 0.2) is 5.78 Å². The van der Waals surface area contributed by atoms with E-state index in [4.69, 9.17) is 11.6 Å². The van der Waals surface area contributed by atoms with Gasteiger partial charge in [0.05, 0.1) is 0 Å². The van der Waals surface area contributed by atoms with Crippen molar-refractivity contribution in [3.8, 4) is 0 Å². The number of rotatable bonds is 4. The zero-order valence-corrected chi connectivity index (χ0v) is 16.4. The molecule has 1 amide bonds. The lowest BCUT2D eigenvalue weighted by Crippen LogP contribution is -2.63. The smallest absolute Gasteiger partial charge is 0.244 e. The van der Waals surface area contributed by atoms with Gasteiger partial charge in [-0.2, -0.15) is 0 Å². The molecule has 2 fully saturated rings. The van der Waals surface area contributed by atoms with Gasteiger partial charge in [-0.1, -0.05) is 60.7 Å². The second kappa shape index (κ2) is 7.69. The van der Waals surface area contributed by atoms with E-state index in [0.29, 0.717) is 24.0 Å². The molecule has 0 unspecified atom stereocenters. The fourth-order valence-corrected chi connectivity index (χ4v) is 5.00. The van der Waals surface area contributed by atoms with Crippen LogP contribution < -0.4 is 0 Å². The first-order valence-electron chi connectivity index (χ1n) is 9.83. The van der Waals surface area contributed by atoms with Crippen LogP contribution in [-0.2, 0) is 10.4 Å². The van der Waals surface area contributed by atoms with Crippen LogP contribution in [-0.4, -0.2) is 39.2 Å². The molecule has 4 rings (SSSR count). The summed E-state index contributed by atoms with van der Waals surface area (Å²) in [5, 5.41) is 10.3. The Morgan fingerprint density at radius 2 is 1.71 bits per heavy atom. The summed E-state index contributed by atoms with van der Waals surface area (Å²) in [6.07, 6.45) is 3.22. The molecule has 0 aliphatic carbocycles. The third kappa shape index (κ3) is 3.36. The monoisotopic (exact) mass is 397 g/mol. The Hall–Kier alpha value is -2.17. The van der Waals surface area contributed by atoms with Gasteiger partial charge in [-0.3, -0.25) is 9.59 Å². The second-order valence-electron chi connectivity index (χ2n) is 7.83. The van der Waals surface area contributed by atoms with Crippen LogP contribution in [0.5, 0.6) is 0 Å². The third-order valence-electron chi connectivity index (χ3n) is 6.09. The van der Waals surface area contributed by atoms with Gasteiger partial charge >= 0.3 is 0 Å². The van der Waals surface area contributed by atoms with Gasteiger partial charge < -0.3 is 10.0 Å². The van der Waals surface area contributed by atoms with Gasteiger partial charge in [-0.25, -0.2) is 0 Å². The fourth-order valence-electron chi connectivity index (χ4n) is 4.67. The number of nitrogens with zero attached hydrogens (tertiary/aromatic N) is 1. The molecule has 5 heteroatoms. The largest absolute Gasteiger partial charge is 0.383 e. The molecule has 0 bridgehead atoms. The Bertz CT molecular complexity index is 857. The predicted molar refractivity (Wildman–Crippen MR) is 108 cm³/mol. The van der Waals surface area contributed by atoms with Crippen LogP contribution in [0, 0.1) is 0 Å². The molecule has 0 spiro atoms. The quantitative estimate of drug-likeness (QED) is 0.628. The van der Waals surface area contributed by atoms with E-state index in [9.17, 15) is 14.7 Å². The predicted octanol–water partition coefficient (Wildman–Crippen LogP) is 3.91. The van der Waals surface area contributed by atoms with E-state index in [1.807, 2.05) is 48.5 Å². The average molecular weight is 398 g/mol. The van der Waals surface area contributed by atoms with Gasteiger partial charge in [-0.15, -0.1) is 11.6 Å². The summed E-state index contributed by atoms with van der Waals surface area (Å²) >= 11 is 6.52. The molecule has 0 radical (unpaired) electrons. The number of carbonyl (C=O) groups excluding carboxylic acids is 2. The van der Waals surface area contributed by atoms with E-state index in [1.54, 1.807) is 17.0 Å². The van der Waals surface area contributed by atoms with Crippen LogP contribution in [0.15, 0.2) is 60.7 Å². The molecule has 4 nitrogen and oxygen atoms in total. The van der Waals surface area contributed by atoms with E-state index >= 15 is 0 Å². The number of alkyl halides is 1. The number of hydrogen-bond acceptors (Lipinski definition) is 3. The molecule has 4 atom stereocenters. The van der Waals surface area contributed by atoms with Crippen molar-refractivity contribution in [2.75, 3.05) is 0 Å². The summed E-state index contributed by atoms with van der Waals surface area (Å²) in [7, 11) is 0. The molecular formula is C23H24ClNO3. The molecule has 2 heterocycles. The second-order valence-corrected chi connectivity index (χ2v) is 8.27. The van der Waals surface area contributed by atoms with Crippen molar-refractivity contribution in [2.24, 2.45) is 0 Å². The highest BCUT2D eigenvalue weighted by Gasteiger charge is 2.53. The first-order valence-corrected chi connectivity index (χ1v) is 10.3. The van der Waals surface area contributed by atoms with Crippen molar-refractivity contribution < 1.29 is 14.7 Å². The third-order valence-corrected chi connectivity index (χ3v) is 6.64. The Labute approximate surface area is 170 Å². The molecule has 2 aliphatic rings. The highest BCUT2D eigenvalue weighted by molar-refractivity contribution is 6.32. The number of halogens is 1. The Balaban J connectivity index is 1.57. The summed E-state index contributed by atoms with van der Waals surface area (Å²) in [4.78, 5) is 27.7. The number of ketones is 1. The van der Waals surface area contributed by atoms with Gasteiger partial charge in [-0.05, 0) is 24.8 Å². The number of amides is 1. The van der Waals surface area contributed by atoms with Crippen LogP contribution in [0.25, 0.3) is 0 Å². The van der Waals surface area contributed by atoms with Gasteiger partial charge in [0, 0.05) is 30.5 Å². The van der Waals surface area contributed by atoms with E-state index in [-0.39, 0.29) is 23.8 Å². The molecule has 2 aliphatic heterocycles. The Morgan fingerprint density at radius 3 is 2.39 bits per heavy atom. The molecule has 0 saturated carbocycles. The normalized spacial score (nSPS) is 30.0. The maximum Gasteiger partial charge on any atom is 0.244 e. The maximum absolute atomic E-state index is 13.2. The van der Waals surface area contributed by atoms with Crippen LogP contribution in [0.1, 0.15) is 48.0 Å². The molecule has 1 N–H and O–H groups in total. The molecule has 2 aromatic carbocycles. The van der Waals surface area contributed by atoms with Crippen molar-refractivity contribution in [1.82, 2.24) is 4.90 Å². The van der Waals surface area contributed by atoms with Crippen molar-refractivity contribution in [3.05, 3.63) is 71.8 Å². The molecule has 2 saturated heterocycles. The molecule has 0 aromatic heterocycles. The number of carbonyl (C=O) groups is 2. The summed E-state index contributed by atoms with van der Waals surface area (Å²) in [5.41, 5.74) is -0.0466. The van der Waals surface area contributed by atoms with Crippen LogP contribution in [0.2, 0.25) is 0 Å². The molecule has 28 heavy (non-hydrogen) atoms. The van der Waals surface area contributed by atoms with Crippen LogP contribution >= 0.6 is 11.6 Å². The minimum atomic E-state index is -1.38. The summed E-state index contributed by atoms with van der Waals surface area (Å²) in [6, 6.07) is 18.1. The zero-order valence-electron chi connectivity index (χ0n) is 15.6. The summed E-state index contributed by atoms with van der Waals surface area (Å²) < 4.78 is 0. The number of Topliss-reactive ketones (excluding diaryl/α,β-unsaturated/α-hetero) is 1. The first kappa shape index (κ1) is 19.2. The molecular weight excluding hydrogens is 374 g/mol. The highest BCUT2D eigenvalue weighted by atomic mass is 35.5. The van der Waals surface area contributed by atoms with Crippen molar-refractivity contribution in [3.63, 3.8) is 0 Å². The Morgan fingerprint density at radius 1 is 1.07 bits per heavy atom. The standard InChI is InChI=1S/C23H24ClNO3/c24-21-22(27)25-18(14-20(26)16-8-3-1-4-9-16)12-7-13-19(25)15-23(21,28)17-10-5-2-6-11-17/h1-6,8-11,18-19,21,28H,7,12-15H2/t18-,19+,21-,23-/m0/s1. The number of fused-ring (bicyclic) bond motifs is 1.